The highest BCUT2D eigenvalue weighted by Crippen LogP contribution is 3.02. The van der Waals surface area contributed by atoms with Gasteiger partial charge in [0.25, 0.3) is 0 Å². The van der Waals surface area contributed by atoms with E-state index in [0.29, 0.717) is 24.3 Å². The first-order valence-electron chi connectivity index (χ1n) is 13.3. The summed E-state index contributed by atoms with van der Waals surface area (Å²) in [6.07, 6.45) is -1.02. The van der Waals surface area contributed by atoms with Crippen molar-refractivity contribution in [2.75, 3.05) is 0 Å². The van der Waals surface area contributed by atoms with Crippen LogP contribution in [0.2, 0.25) is 0 Å². The van der Waals surface area contributed by atoms with Crippen molar-refractivity contribution in [3.8, 4) is 40.5 Å². The third-order valence-electron chi connectivity index (χ3n) is 7.90. The summed E-state index contributed by atoms with van der Waals surface area (Å²) in [5, 5.41) is 29.2. The lowest BCUT2D eigenvalue weighted by molar-refractivity contribution is 0.360. The standard InChI is InChI=1S/C32H12F10N6S2/c1-46-31-25(32(47-2)48-3)13-24-27(17-4-8-20(9-5-17)49(33,34,35,36)37)29-23(12-22(26(29)16-45)19(14-43)15-44)28(30(24)31)18-6-10-21(11-7-18)50(38,39,40,41)42/h4-11H,12-13H2. The van der Waals surface area contributed by atoms with Crippen molar-refractivity contribution in [3.05, 3.63) is 127 Å². The third kappa shape index (κ3) is 5.78. The molecule has 18 heteroatoms. The van der Waals surface area contributed by atoms with Gasteiger partial charge in [0.1, 0.15) is 46.7 Å². The monoisotopic (exact) mass is 734 g/mol. The lowest BCUT2D eigenvalue weighted by atomic mass is 9.87. The largest absolute Gasteiger partial charge is 0.512 e. The minimum absolute atomic E-state index is 0.0744. The topological polar surface area (TPSA) is 84.5 Å². The van der Waals surface area contributed by atoms with E-state index < -0.39 is 65.7 Å². The quantitative estimate of drug-likeness (QED) is 0.152. The molecule has 6 nitrogen and oxygen atoms in total. The van der Waals surface area contributed by atoms with Gasteiger partial charge in [-0.05, 0) is 69.3 Å². The van der Waals surface area contributed by atoms with Crippen LogP contribution in [0.15, 0.2) is 80.9 Å². The number of rotatable bonds is 4. The molecule has 2 aliphatic carbocycles. The minimum Gasteiger partial charge on any atom is -0.238 e. The average Bonchev–Trinajstić information content (AvgIpc) is 3.57. The molecule has 3 aromatic carbocycles. The van der Waals surface area contributed by atoms with Gasteiger partial charge in [-0.3, -0.25) is 0 Å². The zero-order valence-electron chi connectivity index (χ0n) is 24.3. The van der Waals surface area contributed by atoms with Crippen molar-refractivity contribution in [1.82, 2.24) is 0 Å². The average molecular weight is 735 g/mol. The van der Waals surface area contributed by atoms with Crippen LogP contribution >= 0.6 is 20.4 Å². The summed E-state index contributed by atoms with van der Waals surface area (Å²) >= 11 is 0. The Morgan fingerprint density at radius 3 is 1.36 bits per heavy atom. The van der Waals surface area contributed by atoms with Crippen LogP contribution in [0.3, 0.4) is 0 Å². The smallest absolute Gasteiger partial charge is 0.238 e. The molecule has 2 aliphatic rings. The Labute approximate surface area is 275 Å². The van der Waals surface area contributed by atoms with E-state index in [9.17, 15) is 54.6 Å². The summed E-state index contributed by atoms with van der Waals surface area (Å²) in [7, 11) is -20.4. The third-order valence-corrected chi connectivity index (χ3v) is 10.2. The molecule has 5 rings (SSSR count). The Hall–Kier alpha value is -6.18. The van der Waals surface area contributed by atoms with E-state index in [1.807, 2.05) is 6.07 Å². The second kappa shape index (κ2) is 9.71. The van der Waals surface area contributed by atoms with Crippen molar-refractivity contribution in [2.24, 2.45) is 0 Å². The fourth-order valence-electron chi connectivity index (χ4n) is 5.93. The SMILES string of the molecule is [C-]#[N+]C([N+]#[C-])=C1Cc2c(-c3ccc(S(F)(F)(F)(F)F)cc3)c3c(c(-c4ccc(S(F)(F)(F)(F)F)cc4)c2=C1[N+]#[C-])CC(=C(C#N)C#N)C=3C#N. The van der Waals surface area contributed by atoms with Gasteiger partial charge in [-0.15, -0.1) is 0 Å². The van der Waals surface area contributed by atoms with Gasteiger partial charge >= 0.3 is 26.3 Å². The molecule has 0 heterocycles. The fraction of sp³-hybridized carbons (Fsp3) is 0.0625. The maximum atomic E-state index is 13.6. The summed E-state index contributed by atoms with van der Waals surface area (Å²) in [6.45, 7) is 22.8. The molecule has 0 radical (unpaired) electrons. The van der Waals surface area contributed by atoms with Crippen LogP contribution in [0.4, 0.5) is 38.9 Å². The zero-order valence-corrected chi connectivity index (χ0v) is 25.9. The van der Waals surface area contributed by atoms with E-state index in [4.69, 9.17) is 19.7 Å². The van der Waals surface area contributed by atoms with Gasteiger partial charge in [0.05, 0.1) is 17.7 Å². The van der Waals surface area contributed by atoms with Gasteiger partial charge in [-0.2, -0.15) is 25.5 Å². The zero-order chi connectivity index (χ0) is 37.4. The molecule has 0 unspecified atom stereocenters. The van der Waals surface area contributed by atoms with Crippen molar-refractivity contribution < 1.29 is 38.9 Å². The summed E-state index contributed by atoms with van der Waals surface area (Å²) in [4.78, 5) is 5.12. The predicted molar refractivity (Wildman–Crippen MR) is 164 cm³/mol. The summed E-state index contributed by atoms with van der Waals surface area (Å²) in [5.74, 6) is -0.641. The van der Waals surface area contributed by atoms with Gasteiger partial charge < -0.3 is 0 Å². The van der Waals surface area contributed by atoms with Crippen LogP contribution in [-0.4, -0.2) is 0 Å². The number of nitrogens with zero attached hydrogens (tertiary/aromatic N) is 6. The summed E-state index contributed by atoms with van der Waals surface area (Å²) in [5.41, 5.74) is -2.91. The Kier molecular flexibility index (Phi) is 6.82. The van der Waals surface area contributed by atoms with Gasteiger partial charge in [-0.25, -0.2) is 4.85 Å². The second-order valence-corrected chi connectivity index (χ2v) is 15.7. The van der Waals surface area contributed by atoms with Gasteiger partial charge in [0.2, 0.25) is 0 Å². The van der Waals surface area contributed by atoms with E-state index in [2.05, 4.69) is 14.5 Å². The highest BCUT2D eigenvalue weighted by molar-refractivity contribution is 8.46. The van der Waals surface area contributed by atoms with E-state index in [0.717, 1.165) is 0 Å². The van der Waals surface area contributed by atoms with Crippen molar-refractivity contribution in [1.29, 1.82) is 15.8 Å². The number of nitriles is 3. The first kappa shape index (κ1) is 35.1. The fourth-order valence-corrected chi connectivity index (χ4v) is 7.23. The van der Waals surface area contributed by atoms with Crippen LogP contribution in [0, 0.1) is 53.7 Å². The van der Waals surface area contributed by atoms with Gasteiger partial charge in [-0.1, -0.05) is 63.1 Å². The molecule has 3 aromatic rings. The highest BCUT2D eigenvalue weighted by atomic mass is 32.5. The normalized spacial score (nSPS) is 16.4. The van der Waals surface area contributed by atoms with Crippen LogP contribution in [-0.2, 0) is 12.8 Å². The first-order chi connectivity index (χ1) is 22.8. The Balaban J connectivity index is 2.08. The summed E-state index contributed by atoms with van der Waals surface area (Å²) in [6, 6.07) is 7.88. The maximum Gasteiger partial charge on any atom is 0.512 e. The molecule has 0 aromatic heterocycles. The molecular formula is C32H12F10N6S2. The molecule has 0 N–H and O–H groups in total. The Morgan fingerprint density at radius 1 is 0.600 bits per heavy atom. The van der Waals surface area contributed by atoms with Crippen LogP contribution in [0.1, 0.15) is 11.1 Å². The molecular weight excluding hydrogens is 723 g/mol. The van der Waals surface area contributed by atoms with E-state index >= 15 is 0 Å². The molecule has 0 bridgehead atoms. The number of allylic oxidation sites excluding steroid dienone is 2. The molecule has 0 amide bonds. The number of benzene rings is 3. The van der Waals surface area contributed by atoms with Crippen molar-refractivity contribution in [2.45, 2.75) is 22.6 Å². The molecule has 0 saturated carbocycles. The highest BCUT2D eigenvalue weighted by Gasteiger charge is 2.66. The van der Waals surface area contributed by atoms with Crippen LogP contribution in [0.5, 0.6) is 0 Å². The van der Waals surface area contributed by atoms with Gasteiger partial charge in [0.15, 0.2) is 5.70 Å². The molecule has 252 valence electrons. The second-order valence-electron chi connectivity index (χ2n) is 10.8. The van der Waals surface area contributed by atoms with E-state index in [1.54, 1.807) is 12.1 Å². The maximum absolute atomic E-state index is 13.6. The summed E-state index contributed by atoms with van der Waals surface area (Å²) < 4.78 is 136. The first-order valence-corrected chi connectivity index (χ1v) is 17.2. The van der Waals surface area contributed by atoms with Crippen LogP contribution in [0.25, 0.3) is 48.1 Å². The van der Waals surface area contributed by atoms with Crippen LogP contribution < -0.4 is 10.4 Å². The number of fused-ring (bicyclic) bond motifs is 2. The van der Waals surface area contributed by atoms with E-state index in [-0.39, 0.29) is 79.2 Å². The van der Waals surface area contributed by atoms with Crippen molar-refractivity contribution >= 4 is 31.7 Å². The number of halogens is 10. The number of hydrogen-bond donors (Lipinski definition) is 0. The molecule has 0 fully saturated rings. The lowest BCUT2D eigenvalue weighted by Crippen LogP contribution is -2.24. The molecule has 0 saturated heterocycles. The molecule has 50 heavy (non-hydrogen) atoms. The predicted octanol–water partition coefficient (Wildman–Crippen LogP) is 10.5. The molecule has 0 atom stereocenters. The molecule has 0 aliphatic heterocycles. The van der Waals surface area contributed by atoms with Gasteiger partial charge in [0, 0.05) is 17.2 Å². The lowest BCUT2D eigenvalue weighted by Gasteiger charge is -2.40. The minimum atomic E-state index is -10.2. The number of hydrogen-bond acceptors (Lipinski definition) is 3. The Bertz CT molecular complexity index is 2370. The molecule has 0 spiro atoms. The van der Waals surface area contributed by atoms with Crippen molar-refractivity contribution in [3.63, 3.8) is 0 Å². The Morgan fingerprint density at radius 2 is 1.00 bits per heavy atom. The van der Waals surface area contributed by atoms with E-state index in [1.165, 1.54) is 0 Å².